The molecule has 2 heterocycles. The number of cyclic esters (lactones) is 1. The average molecular weight is 236 g/mol. The molecule has 1 aromatic rings. The normalized spacial score (nSPS) is 26.7. The van der Waals surface area contributed by atoms with Crippen molar-refractivity contribution in [3.63, 3.8) is 0 Å². The summed E-state index contributed by atoms with van der Waals surface area (Å²) in [4.78, 5) is 24.2. The standard InChI is InChI=1S/C13H16O4/c1-12(2)9(8-6-5-7-16-8)17-11(15)13(3,4)10(12)14/h5-7,9H,1-4H3. The number of carbonyl (C=O) groups is 2. The monoisotopic (exact) mass is 236 g/mol. The molecule has 0 spiro atoms. The molecular formula is C13H16O4. The van der Waals surface area contributed by atoms with Crippen molar-refractivity contribution in [2.45, 2.75) is 33.8 Å². The van der Waals surface area contributed by atoms with E-state index in [1.165, 1.54) is 6.26 Å². The SMILES string of the molecule is CC1(C)C(=O)OC(c2ccco2)C(C)(C)C1=O. The van der Waals surface area contributed by atoms with Crippen LogP contribution in [0.3, 0.4) is 0 Å². The van der Waals surface area contributed by atoms with Gasteiger partial charge in [-0.3, -0.25) is 9.59 Å². The number of hydrogen-bond acceptors (Lipinski definition) is 4. The third-order valence-corrected chi connectivity index (χ3v) is 3.35. The summed E-state index contributed by atoms with van der Waals surface area (Å²) in [5, 5.41) is 0. The Labute approximate surface area is 99.9 Å². The van der Waals surface area contributed by atoms with Crippen molar-refractivity contribution >= 4 is 11.8 Å². The second-order valence-electron chi connectivity index (χ2n) is 5.48. The summed E-state index contributed by atoms with van der Waals surface area (Å²) >= 11 is 0. The van der Waals surface area contributed by atoms with E-state index in [9.17, 15) is 9.59 Å². The first-order valence-electron chi connectivity index (χ1n) is 5.57. The van der Waals surface area contributed by atoms with Gasteiger partial charge in [-0.25, -0.2) is 0 Å². The molecule has 1 aromatic heterocycles. The van der Waals surface area contributed by atoms with Gasteiger partial charge in [-0.15, -0.1) is 0 Å². The molecule has 0 aliphatic carbocycles. The van der Waals surface area contributed by atoms with Gasteiger partial charge < -0.3 is 9.15 Å². The molecule has 4 nitrogen and oxygen atoms in total. The molecule has 0 radical (unpaired) electrons. The van der Waals surface area contributed by atoms with Crippen molar-refractivity contribution in [3.8, 4) is 0 Å². The van der Waals surface area contributed by atoms with E-state index < -0.39 is 22.9 Å². The highest BCUT2D eigenvalue weighted by atomic mass is 16.6. The topological polar surface area (TPSA) is 56.5 Å². The molecule has 92 valence electrons. The number of hydrogen-bond donors (Lipinski definition) is 0. The average Bonchev–Trinajstić information content (AvgIpc) is 2.75. The first kappa shape index (κ1) is 11.9. The number of Topliss-reactive ketones (excluding diaryl/α,β-unsaturated/α-hetero) is 1. The van der Waals surface area contributed by atoms with Crippen molar-refractivity contribution in [3.05, 3.63) is 24.2 Å². The lowest BCUT2D eigenvalue weighted by atomic mass is 9.68. The Balaban J connectivity index is 2.45. The number of furan rings is 1. The third-order valence-electron chi connectivity index (χ3n) is 3.35. The maximum absolute atomic E-state index is 12.3. The van der Waals surface area contributed by atoms with Gasteiger partial charge in [0.15, 0.2) is 11.9 Å². The summed E-state index contributed by atoms with van der Waals surface area (Å²) in [6, 6.07) is 3.43. The predicted octanol–water partition coefficient (Wildman–Crippen LogP) is 2.50. The molecule has 0 saturated carbocycles. The first-order valence-corrected chi connectivity index (χ1v) is 5.57. The van der Waals surface area contributed by atoms with Crippen LogP contribution in [0.4, 0.5) is 0 Å². The molecule has 0 aromatic carbocycles. The molecule has 1 saturated heterocycles. The predicted molar refractivity (Wildman–Crippen MR) is 60.1 cm³/mol. The van der Waals surface area contributed by atoms with Crippen LogP contribution in [0.25, 0.3) is 0 Å². The van der Waals surface area contributed by atoms with Gasteiger partial charge in [0.05, 0.1) is 11.7 Å². The van der Waals surface area contributed by atoms with E-state index in [-0.39, 0.29) is 5.78 Å². The minimum Gasteiger partial charge on any atom is -0.465 e. The molecule has 1 atom stereocenters. The summed E-state index contributed by atoms with van der Waals surface area (Å²) in [5.41, 5.74) is -1.87. The lowest BCUT2D eigenvalue weighted by Gasteiger charge is -2.42. The maximum Gasteiger partial charge on any atom is 0.319 e. The highest BCUT2D eigenvalue weighted by Gasteiger charge is 2.56. The van der Waals surface area contributed by atoms with Crippen LogP contribution in [-0.2, 0) is 14.3 Å². The molecule has 0 bridgehead atoms. The summed E-state index contributed by atoms with van der Waals surface area (Å²) in [6.07, 6.45) is 0.856. The minimum atomic E-state index is -1.09. The van der Waals surface area contributed by atoms with Crippen LogP contribution in [0.2, 0.25) is 0 Å². The van der Waals surface area contributed by atoms with Gasteiger partial charge in [0.1, 0.15) is 11.2 Å². The zero-order valence-corrected chi connectivity index (χ0v) is 10.4. The number of esters is 1. The zero-order valence-electron chi connectivity index (χ0n) is 10.4. The van der Waals surface area contributed by atoms with Crippen LogP contribution in [0.5, 0.6) is 0 Å². The van der Waals surface area contributed by atoms with Gasteiger partial charge in [-0.05, 0) is 39.8 Å². The van der Waals surface area contributed by atoms with Crippen LogP contribution in [0, 0.1) is 10.8 Å². The van der Waals surface area contributed by atoms with Crippen LogP contribution in [0.1, 0.15) is 39.6 Å². The van der Waals surface area contributed by atoms with E-state index in [2.05, 4.69) is 0 Å². The van der Waals surface area contributed by atoms with Gasteiger partial charge in [-0.2, -0.15) is 0 Å². The van der Waals surface area contributed by atoms with Crippen molar-refractivity contribution in [1.82, 2.24) is 0 Å². The fourth-order valence-electron chi connectivity index (χ4n) is 2.27. The summed E-state index contributed by atoms with van der Waals surface area (Å²) in [6.45, 7) is 6.74. The number of carbonyl (C=O) groups excluding carboxylic acids is 2. The molecule has 1 fully saturated rings. The molecule has 0 N–H and O–H groups in total. The van der Waals surface area contributed by atoms with Gasteiger partial charge >= 0.3 is 5.97 Å². The minimum absolute atomic E-state index is 0.123. The van der Waals surface area contributed by atoms with Gasteiger partial charge in [-0.1, -0.05) is 0 Å². The maximum atomic E-state index is 12.3. The Morgan fingerprint density at radius 3 is 2.35 bits per heavy atom. The lowest BCUT2D eigenvalue weighted by molar-refractivity contribution is -0.188. The largest absolute Gasteiger partial charge is 0.465 e. The molecule has 2 rings (SSSR count). The Bertz CT molecular complexity index is 454. The quantitative estimate of drug-likeness (QED) is 0.555. The van der Waals surface area contributed by atoms with Gasteiger partial charge in [0.25, 0.3) is 0 Å². The number of ketones is 1. The smallest absolute Gasteiger partial charge is 0.319 e. The van der Waals surface area contributed by atoms with E-state index in [0.717, 1.165) is 0 Å². The fourth-order valence-corrected chi connectivity index (χ4v) is 2.27. The summed E-state index contributed by atoms with van der Waals surface area (Å²) < 4.78 is 10.6. The zero-order chi connectivity index (χ0) is 12.8. The Kier molecular flexibility index (Phi) is 2.42. The molecule has 4 heteroatoms. The van der Waals surface area contributed by atoms with E-state index in [0.29, 0.717) is 5.76 Å². The van der Waals surface area contributed by atoms with E-state index in [4.69, 9.17) is 9.15 Å². The summed E-state index contributed by atoms with van der Waals surface area (Å²) in [5.74, 6) is -0.113. The van der Waals surface area contributed by atoms with Gasteiger partial charge in [0, 0.05) is 0 Å². The highest BCUT2D eigenvalue weighted by Crippen LogP contribution is 2.47. The van der Waals surface area contributed by atoms with Gasteiger partial charge in [0.2, 0.25) is 0 Å². The second kappa shape index (κ2) is 3.45. The molecule has 1 aliphatic rings. The molecule has 1 aliphatic heterocycles. The van der Waals surface area contributed by atoms with Crippen LogP contribution in [-0.4, -0.2) is 11.8 Å². The van der Waals surface area contributed by atoms with Crippen LogP contribution < -0.4 is 0 Å². The highest BCUT2D eigenvalue weighted by molar-refractivity contribution is 6.07. The molecule has 1 unspecified atom stereocenters. The third kappa shape index (κ3) is 1.59. The second-order valence-corrected chi connectivity index (χ2v) is 5.48. The van der Waals surface area contributed by atoms with E-state index in [1.807, 2.05) is 0 Å². The summed E-state index contributed by atoms with van der Waals surface area (Å²) in [7, 11) is 0. The molecular weight excluding hydrogens is 220 g/mol. The van der Waals surface area contributed by atoms with Crippen LogP contribution >= 0.6 is 0 Å². The van der Waals surface area contributed by atoms with E-state index >= 15 is 0 Å². The van der Waals surface area contributed by atoms with Crippen molar-refractivity contribution in [2.24, 2.45) is 10.8 Å². The van der Waals surface area contributed by atoms with Crippen molar-refractivity contribution in [2.75, 3.05) is 0 Å². The Hall–Kier alpha value is -1.58. The van der Waals surface area contributed by atoms with E-state index in [1.54, 1.807) is 39.8 Å². The van der Waals surface area contributed by atoms with Crippen molar-refractivity contribution in [1.29, 1.82) is 0 Å². The fraction of sp³-hybridized carbons (Fsp3) is 0.538. The Morgan fingerprint density at radius 1 is 1.18 bits per heavy atom. The first-order chi connectivity index (χ1) is 7.78. The molecule has 0 amide bonds. The van der Waals surface area contributed by atoms with Crippen molar-refractivity contribution < 1.29 is 18.7 Å². The van der Waals surface area contributed by atoms with Crippen LogP contribution in [0.15, 0.2) is 22.8 Å². The molecule has 17 heavy (non-hydrogen) atoms. The number of ether oxygens (including phenoxy) is 1. The lowest BCUT2D eigenvalue weighted by Crippen LogP contribution is -2.52. The number of rotatable bonds is 1. The Morgan fingerprint density at radius 2 is 1.82 bits per heavy atom.